The lowest BCUT2D eigenvalue weighted by atomic mass is 9.84. The van der Waals surface area contributed by atoms with Crippen LogP contribution in [-0.2, 0) is 16.5 Å². The van der Waals surface area contributed by atoms with Gasteiger partial charge in [0.2, 0.25) is 5.82 Å². The molecular weight excluding hydrogens is 553 g/mol. The fourth-order valence-electron chi connectivity index (χ4n) is 5.08. The predicted molar refractivity (Wildman–Crippen MR) is 154 cm³/mol. The van der Waals surface area contributed by atoms with E-state index < -0.39 is 12.1 Å². The van der Waals surface area contributed by atoms with Crippen molar-refractivity contribution in [2.24, 2.45) is 7.05 Å². The first kappa shape index (κ1) is 27.9. The summed E-state index contributed by atoms with van der Waals surface area (Å²) in [5.74, 6) is 0.0964. The number of tetrazole rings is 1. The molecule has 1 saturated heterocycles. The second-order valence-electron chi connectivity index (χ2n) is 9.70. The monoisotopic (exact) mass is 583 g/mol. The van der Waals surface area contributed by atoms with Crippen LogP contribution in [0.4, 0.5) is 10.5 Å². The Morgan fingerprint density at radius 3 is 2.48 bits per heavy atom. The lowest BCUT2D eigenvalue weighted by Crippen LogP contribution is -2.47. The molecule has 0 bridgehead atoms. The molecular formula is C28H31Cl2N7O3. The highest BCUT2D eigenvalue weighted by molar-refractivity contribution is 6.42. The molecule has 2 aliphatic heterocycles. The highest BCUT2D eigenvalue weighted by Gasteiger charge is 2.37. The first-order valence-corrected chi connectivity index (χ1v) is 13.8. The zero-order chi connectivity index (χ0) is 28.2. The second kappa shape index (κ2) is 12.3. The average Bonchev–Trinajstić information content (AvgIpc) is 3.38. The quantitative estimate of drug-likeness (QED) is 0.391. The maximum Gasteiger partial charge on any atom is 0.513 e. The highest BCUT2D eigenvalue weighted by atomic mass is 35.5. The van der Waals surface area contributed by atoms with Gasteiger partial charge in [-0.15, -0.1) is 10.2 Å². The number of piperazine rings is 1. The van der Waals surface area contributed by atoms with E-state index in [2.05, 4.69) is 54.8 Å². The van der Waals surface area contributed by atoms with Gasteiger partial charge in [0, 0.05) is 49.7 Å². The van der Waals surface area contributed by atoms with Crippen molar-refractivity contribution in [1.29, 1.82) is 0 Å². The van der Waals surface area contributed by atoms with E-state index in [-0.39, 0.29) is 6.61 Å². The summed E-state index contributed by atoms with van der Waals surface area (Å²) in [5, 5.41) is 16.6. The summed E-state index contributed by atoms with van der Waals surface area (Å²) in [6.45, 7) is 8.15. The van der Waals surface area contributed by atoms with Crippen LogP contribution in [0.5, 0.6) is 0 Å². The molecule has 1 fully saturated rings. The summed E-state index contributed by atoms with van der Waals surface area (Å²) in [6, 6.07) is 15.7. The molecule has 0 saturated carbocycles. The number of carbonyl (C=O) groups is 1. The van der Waals surface area contributed by atoms with Crippen molar-refractivity contribution in [3.8, 4) is 0 Å². The van der Waals surface area contributed by atoms with Crippen molar-refractivity contribution in [3.05, 3.63) is 87.1 Å². The summed E-state index contributed by atoms with van der Waals surface area (Å²) in [5.41, 5.74) is 3.96. The fourth-order valence-corrected chi connectivity index (χ4v) is 5.50. The second-order valence-corrected chi connectivity index (χ2v) is 10.5. The Labute approximate surface area is 243 Å². The maximum atomic E-state index is 12.9. The number of allylic oxidation sites excluding steroid dienone is 3. The van der Waals surface area contributed by atoms with E-state index in [0.717, 1.165) is 31.9 Å². The number of hydrogen-bond acceptors (Lipinski definition) is 9. The van der Waals surface area contributed by atoms with Crippen molar-refractivity contribution < 1.29 is 14.3 Å². The third-order valence-corrected chi connectivity index (χ3v) is 7.89. The van der Waals surface area contributed by atoms with Gasteiger partial charge in [0.05, 0.1) is 28.7 Å². The van der Waals surface area contributed by atoms with Crippen LogP contribution in [0.25, 0.3) is 5.57 Å². The number of anilines is 1. The Bertz CT molecular complexity index is 1430. The largest absolute Gasteiger partial charge is 0.513 e. The number of hydrogen-bond donors (Lipinski definition) is 1. The summed E-state index contributed by atoms with van der Waals surface area (Å²) in [4.78, 5) is 18.9. The number of aromatic nitrogens is 4. The van der Waals surface area contributed by atoms with Gasteiger partial charge < -0.3 is 19.7 Å². The van der Waals surface area contributed by atoms with E-state index in [1.165, 1.54) is 10.5 Å². The van der Waals surface area contributed by atoms with Gasteiger partial charge in [0.1, 0.15) is 12.4 Å². The molecule has 12 heteroatoms. The number of ether oxygens (including phenoxy) is 2. The molecule has 3 aromatic rings. The molecule has 1 N–H and O–H groups in total. The van der Waals surface area contributed by atoms with Crippen LogP contribution in [0, 0.1) is 0 Å². The smallest absolute Gasteiger partial charge is 0.433 e. The number of carbonyl (C=O) groups excluding carboxylic acids is 1. The van der Waals surface area contributed by atoms with Crippen LogP contribution >= 0.6 is 23.2 Å². The molecule has 0 amide bonds. The molecule has 10 nitrogen and oxygen atoms in total. The number of nitrogens with one attached hydrogen (secondary N) is 1. The van der Waals surface area contributed by atoms with Crippen LogP contribution < -0.4 is 10.2 Å². The zero-order valence-electron chi connectivity index (χ0n) is 22.6. The molecule has 2 aromatic carbocycles. The molecule has 0 spiro atoms. The normalized spacial score (nSPS) is 18.1. The van der Waals surface area contributed by atoms with Crippen LogP contribution in [0.1, 0.15) is 31.2 Å². The summed E-state index contributed by atoms with van der Waals surface area (Å²) in [7, 11) is 1.68. The predicted octanol–water partition coefficient (Wildman–Crippen LogP) is 4.84. The van der Waals surface area contributed by atoms with Crippen molar-refractivity contribution in [1.82, 2.24) is 30.4 Å². The van der Waals surface area contributed by atoms with Crippen LogP contribution in [0.15, 0.2) is 65.7 Å². The van der Waals surface area contributed by atoms with E-state index in [9.17, 15) is 4.79 Å². The van der Waals surface area contributed by atoms with Gasteiger partial charge in [-0.3, -0.25) is 4.90 Å². The van der Waals surface area contributed by atoms with Crippen LogP contribution in [0.2, 0.25) is 10.0 Å². The summed E-state index contributed by atoms with van der Waals surface area (Å²) >= 11 is 13.0. The van der Waals surface area contributed by atoms with Gasteiger partial charge in [-0.05, 0) is 42.8 Å². The topological polar surface area (TPSA) is 97.6 Å². The van der Waals surface area contributed by atoms with Crippen molar-refractivity contribution in [3.63, 3.8) is 0 Å². The molecule has 0 radical (unpaired) electrons. The first-order chi connectivity index (χ1) is 19.3. The SMILES string of the molecule is CC1=C(OC(=O)OCCN2CCN(c3ccccc3)CC2)C(c2cccc(Cl)c2Cl)C(c2nnn(C)n2)=C(C)N1. The van der Waals surface area contributed by atoms with E-state index >= 15 is 0 Å². The molecule has 1 aromatic heterocycles. The van der Waals surface area contributed by atoms with E-state index in [0.29, 0.717) is 45.0 Å². The first-order valence-electron chi connectivity index (χ1n) is 13.1. The van der Waals surface area contributed by atoms with Gasteiger partial charge in [0.15, 0.2) is 0 Å². The molecule has 2 aliphatic rings. The van der Waals surface area contributed by atoms with Crippen LogP contribution in [0.3, 0.4) is 0 Å². The maximum absolute atomic E-state index is 12.9. The Morgan fingerprint density at radius 1 is 1.02 bits per heavy atom. The van der Waals surface area contributed by atoms with Gasteiger partial charge in [-0.1, -0.05) is 53.5 Å². The van der Waals surface area contributed by atoms with Crippen LogP contribution in [-0.4, -0.2) is 70.6 Å². The van der Waals surface area contributed by atoms with Crippen molar-refractivity contribution >= 4 is 40.6 Å². The Morgan fingerprint density at radius 2 is 1.77 bits per heavy atom. The molecule has 210 valence electrons. The minimum atomic E-state index is -0.798. The summed E-state index contributed by atoms with van der Waals surface area (Å²) < 4.78 is 11.4. The average molecular weight is 585 g/mol. The standard InChI is InChI=1S/C28H31Cl2N7O3/c1-18-23(27-32-34-35(3)33-27)24(21-10-7-11-22(29)25(21)30)26(19(2)31-18)40-28(38)39-17-16-36-12-14-37(15-13-36)20-8-5-4-6-9-20/h4-11,24,31H,12-17H2,1-3H3. The van der Waals surface area contributed by atoms with E-state index in [4.69, 9.17) is 32.7 Å². The lowest BCUT2D eigenvalue weighted by Gasteiger charge is -2.36. The number of nitrogens with zero attached hydrogens (tertiary/aromatic N) is 6. The van der Waals surface area contributed by atoms with E-state index in [1.807, 2.05) is 26.0 Å². The zero-order valence-corrected chi connectivity index (χ0v) is 24.1. The number of rotatable bonds is 7. The van der Waals surface area contributed by atoms with Gasteiger partial charge in [-0.25, -0.2) is 4.79 Å². The molecule has 40 heavy (non-hydrogen) atoms. The Balaban J connectivity index is 1.26. The number of para-hydroxylation sites is 1. The lowest BCUT2D eigenvalue weighted by molar-refractivity contribution is 0.0637. The third kappa shape index (κ3) is 6.09. The van der Waals surface area contributed by atoms with Crippen molar-refractivity contribution in [2.75, 3.05) is 44.2 Å². The molecule has 3 heterocycles. The van der Waals surface area contributed by atoms with Gasteiger partial charge >= 0.3 is 6.16 Å². The minimum Gasteiger partial charge on any atom is -0.433 e. The number of dihydropyridines is 1. The molecule has 1 unspecified atom stereocenters. The highest BCUT2D eigenvalue weighted by Crippen LogP contribution is 2.46. The van der Waals surface area contributed by atoms with Crippen molar-refractivity contribution in [2.45, 2.75) is 19.8 Å². The molecule has 0 aliphatic carbocycles. The molecule has 5 rings (SSSR count). The molecule has 1 atom stereocenters. The fraction of sp³-hybridized carbons (Fsp3) is 0.357. The van der Waals surface area contributed by atoms with E-state index in [1.54, 1.807) is 19.2 Å². The number of halogens is 2. The minimum absolute atomic E-state index is 0.208. The van der Waals surface area contributed by atoms with Gasteiger partial charge in [-0.2, -0.15) is 4.80 Å². The number of aryl methyl sites for hydroxylation is 1. The Hall–Kier alpha value is -3.60. The summed E-state index contributed by atoms with van der Waals surface area (Å²) in [6.07, 6.45) is -0.798. The third-order valence-electron chi connectivity index (χ3n) is 7.06. The number of benzene rings is 2. The Kier molecular flexibility index (Phi) is 8.58. The van der Waals surface area contributed by atoms with Gasteiger partial charge in [0.25, 0.3) is 0 Å².